The third kappa shape index (κ3) is 3.44. The highest BCUT2D eigenvalue weighted by Gasteiger charge is 2.32. The number of carbonyl (C=O) groups excluding carboxylic acids is 1. The van der Waals surface area contributed by atoms with Crippen molar-refractivity contribution >= 4 is 5.97 Å². The summed E-state index contributed by atoms with van der Waals surface area (Å²) in [6.07, 6.45) is -0.305. The van der Waals surface area contributed by atoms with Gasteiger partial charge in [-0.2, -0.15) is 0 Å². The van der Waals surface area contributed by atoms with Gasteiger partial charge in [-0.3, -0.25) is 4.48 Å². The van der Waals surface area contributed by atoms with Crippen molar-refractivity contribution in [2.24, 2.45) is 0 Å². The third-order valence-corrected chi connectivity index (χ3v) is 3.10. The summed E-state index contributed by atoms with van der Waals surface area (Å²) >= 11 is 0. The molecular weight excluding hydrogens is 226 g/mol. The standard InChI is InChI=1S/C15H22NO2/c1-6-16(4,5)14(18-15(17)12(2)3)13-10-8-7-9-11-13/h7-11,14H,2,6H2,1,3-5H3/q+1. The van der Waals surface area contributed by atoms with Crippen LogP contribution in [0.4, 0.5) is 0 Å². The van der Waals surface area contributed by atoms with E-state index < -0.39 is 0 Å². The molecule has 1 aromatic carbocycles. The molecule has 0 aliphatic heterocycles. The van der Waals surface area contributed by atoms with Crippen LogP contribution in [0.5, 0.6) is 0 Å². The molecule has 1 aromatic rings. The first-order valence-corrected chi connectivity index (χ1v) is 6.12. The Labute approximate surface area is 109 Å². The Bertz CT molecular complexity index is 423. The number of hydrogen-bond donors (Lipinski definition) is 0. The fraction of sp³-hybridized carbons (Fsp3) is 0.400. The summed E-state index contributed by atoms with van der Waals surface area (Å²) in [5.74, 6) is -0.344. The van der Waals surface area contributed by atoms with Gasteiger partial charge in [0.15, 0.2) is 0 Å². The van der Waals surface area contributed by atoms with Gasteiger partial charge in [0.05, 0.1) is 26.2 Å². The first-order chi connectivity index (χ1) is 8.38. The van der Waals surface area contributed by atoms with Gasteiger partial charge in [-0.25, -0.2) is 4.79 Å². The van der Waals surface area contributed by atoms with Crippen molar-refractivity contribution in [3.8, 4) is 0 Å². The largest absolute Gasteiger partial charge is 0.404 e. The summed E-state index contributed by atoms with van der Waals surface area (Å²) in [4.78, 5) is 11.8. The van der Waals surface area contributed by atoms with Gasteiger partial charge in [0.25, 0.3) is 6.23 Å². The molecule has 0 spiro atoms. The lowest BCUT2D eigenvalue weighted by Gasteiger charge is -2.36. The van der Waals surface area contributed by atoms with Crippen LogP contribution in [0.15, 0.2) is 42.5 Å². The monoisotopic (exact) mass is 248 g/mol. The van der Waals surface area contributed by atoms with Gasteiger partial charge in [-0.05, 0) is 26.0 Å². The molecule has 0 amide bonds. The van der Waals surface area contributed by atoms with Crippen LogP contribution in [0.3, 0.4) is 0 Å². The second kappa shape index (κ2) is 5.83. The molecule has 0 fully saturated rings. The zero-order valence-corrected chi connectivity index (χ0v) is 11.6. The van der Waals surface area contributed by atoms with Crippen LogP contribution in [-0.2, 0) is 9.53 Å². The fourth-order valence-corrected chi connectivity index (χ4v) is 1.60. The lowest BCUT2D eigenvalue weighted by Crippen LogP contribution is -2.45. The van der Waals surface area contributed by atoms with Crippen LogP contribution in [0.1, 0.15) is 25.6 Å². The molecule has 1 rings (SSSR count). The first kappa shape index (κ1) is 14.5. The molecule has 18 heavy (non-hydrogen) atoms. The Morgan fingerprint density at radius 2 is 1.89 bits per heavy atom. The highest BCUT2D eigenvalue weighted by molar-refractivity contribution is 5.87. The zero-order valence-electron chi connectivity index (χ0n) is 11.6. The van der Waals surface area contributed by atoms with Gasteiger partial charge in [0, 0.05) is 5.57 Å². The van der Waals surface area contributed by atoms with Crippen LogP contribution >= 0.6 is 0 Å². The molecule has 0 aliphatic rings. The Hall–Kier alpha value is -1.61. The molecule has 0 aromatic heterocycles. The van der Waals surface area contributed by atoms with Crippen LogP contribution in [-0.4, -0.2) is 31.1 Å². The molecule has 1 atom stereocenters. The summed E-state index contributed by atoms with van der Waals surface area (Å²) in [6, 6.07) is 9.81. The molecule has 0 N–H and O–H groups in total. The molecule has 0 aliphatic carbocycles. The first-order valence-electron chi connectivity index (χ1n) is 6.12. The highest BCUT2D eigenvalue weighted by Crippen LogP contribution is 2.26. The summed E-state index contributed by atoms with van der Waals surface area (Å²) in [7, 11) is 4.09. The normalized spacial score (nSPS) is 12.9. The van der Waals surface area contributed by atoms with Crippen molar-refractivity contribution in [1.29, 1.82) is 0 Å². The van der Waals surface area contributed by atoms with Crippen molar-refractivity contribution in [1.82, 2.24) is 0 Å². The van der Waals surface area contributed by atoms with Crippen LogP contribution in [0.2, 0.25) is 0 Å². The number of hydrogen-bond acceptors (Lipinski definition) is 2. The minimum Gasteiger partial charge on any atom is -0.404 e. The second-order valence-electron chi connectivity index (χ2n) is 5.04. The molecule has 0 bridgehead atoms. The molecule has 3 nitrogen and oxygen atoms in total. The maximum atomic E-state index is 11.8. The number of rotatable bonds is 5. The van der Waals surface area contributed by atoms with E-state index in [-0.39, 0.29) is 12.2 Å². The van der Waals surface area contributed by atoms with Crippen LogP contribution in [0.25, 0.3) is 0 Å². The highest BCUT2D eigenvalue weighted by atomic mass is 16.6. The smallest absolute Gasteiger partial charge is 0.337 e. The maximum absolute atomic E-state index is 11.8. The van der Waals surface area contributed by atoms with E-state index in [1.807, 2.05) is 44.4 Å². The zero-order chi connectivity index (χ0) is 13.8. The van der Waals surface area contributed by atoms with E-state index >= 15 is 0 Å². The van der Waals surface area contributed by atoms with Crippen molar-refractivity contribution in [3.63, 3.8) is 0 Å². The van der Waals surface area contributed by atoms with Crippen LogP contribution < -0.4 is 0 Å². The number of quaternary nitrogens is 1. The summed E-state index contributed by atoms with van der Waals surface area (Å²) in [5, 5.41) is 0. The summed E-state index contributed by atoms with van der Waals surface area (Å²) in [5.41, 5.74) is 1.42. The molecular formula is C15H22NO2+. The molecule has 0 saturated heterocycles. The summed E-state index contributed by atoms with van der Waals surface area (Å²) in [6.45, 7) is 8.23. The Morgan fingerprint density at radius 3 is 2.33 bits per heavy atom. The Morgan fingerprint density at radius 1 is 1.33 bits per heavy atom. The van der Waals surface area contributed by atoms with E-state index in [2.05, 4.69) is 13.5 Å². The minimum atomic E-state index is -0.344. The average molecular weight is 248 g/mol. The van der Waals surface area contributed by atoms with Crippen molar-refractivity contribution < 1.29 is 14.0 Å². The number of nitrogens with zero attached hydrogens (tertiary/aromatic N) is 1. The van der Waals surface area contributed by atoms with Crippen molar-refractivity contribution in [2.75, 3.05) is 20.6 Å². The quantitative estimate of drug-likeness (QED) is 0.346. The van der Waals surface area contributed by atoms with Crippen LogP contribution in [0, 0.1) is 0 Å². The molecule has 0 radical (unpaired) electrons. The summed E-state index contributed by atoms with van der Waals surface area (Å²) < 4.78 is 6.17. The SMILES string of the molecule is C=C(C)C(=O)OC(c1ccccc1)[N+](C)(C)CC. The lowest BCUT2D eigenvalue weighted by atomic mass is 10.1. The molecule has 1 unspecified atom stereocenters. The second-order valence-corrected chi connectivity index (χ2v) is 5.04. The van der Waals surface area contributed by atoms with Gasteiger partial charge in [-0.1, -0.05) is 24.8 Å². The molecule has 98 valence electrons. The van der Waals surface area contributed by atoms with Gasteiger partial charge in [0.1, 0.15) is 0 Å². The van der Waals surface area contributed by atoms with Crippen molar-refractivity contribution in [3.05, 3.63) is 48.0 Å². The van der Waals surface area contributed by atoms with E-state index in [1.54, 1.807) is 6.92 Å². The van der Waals surface area contributed by atoms with E-state index in [4.69, 9.17) is 4.74 Å². The van der Waals surface area contributed by atoms with Crippen molar-refractivity contribution in [2.45, 2.75) is 20.1 Å². The Balaban J connectivity index is 3.04. The predicted molar refractivity (Wildman–Crippen MR) is 72.7 cm³/mol. The van der Waals surface area contributed by atoms with Gasteiger partial charge >= 0.3 is 5.97 Å². The van der Waals surface area contributed by atoms with E-state index in [0.29, 0.717) is 10.1 Å². The van der Waals surface area contributed by atoms with Gasteiger partial charge < -0.3 is 4.74 Å². The number of ether oxygens (including phenoxy) is 1. The topological polar surface area (TPSA) is 26.3 Å². The third-order valence-electron chi connectivity index (χ3n) is 3.10. The Kier molecular flexibility index (Phi) is 4.68. The minimum absolute atomic E-state index is 0.305. The number of benzene rings is 1. The predicted octanol–water partition coefficient (Wildman–Crippen LogP) is 2.90. The molecule has 0 heterocycles. The van der Waals surface area contributed by atoms with E-state index in [9.17, 15) is 4.79 Å². The van der Waals surface area contributed by atoms with E-state index in [1.165, 1.54) is 0 Å². The molecule has 0 saturated carbocycles. The van der Waals surface area contributed by atoms with E-state index in [0.717, 1.165) is 12.1 Å². The fourth-order valence-electron chi connectivity index (χ4n) is 1.60. The maximum Gasteiger partial charge on any atom is 0.337 e. The average Bonchev–Trinajstić information content (AvgIpc) is 2.36. The molecule has 3 heteroatoms. The van der Waals surface area contributed by atoms with Gasteiger partial charge in [0.2, 0.25) is 0 Å². The lowest BCUT2D eigenvalue weighted by molar-refractivity contribution is -0.940. The van der Waals surface area contributed by atoms with Gasteiger partial charge in [-0.15, -0.1) is 0 Å². The number of carbonyl (C=O) groups is 1. The number of esters is 1.